The molecule has 23 heavy (non-hydrogen) atoms. The third-order valence-corrected chi connectivity index (χ3v) is 4.46. The second-order valence-corrected chi connectivity index (χ2v) is 6.18. The summed E-state index contributed by atoms with van der Waals surface area (Å²) in [6, 6.07) is 8.12. The van der Waals surface area contributed by atoms with Crippen LogP contribution in [0.15, 0.2) is 24.3 Å². The Morgan fingerprint density at radius 1 is 1.09 bits per heavy atom. The SMILES string of the molecule is CC(=O)c1c(C)[nH]c(C(=O)N(C)C(C)c2ccc(C)cc2)c1C. The third kappa shape index (κ3) is 3.21. The summed E-state index contributed by atoms with van der Waals surface area (Å²) in [5.41, 5.74) is 4.85. The van der Waals surface area contributed by atoms with Gasteiger partial charge in [0.15, 0.2) is 5.78 Å². The van der Waals surface area contributed by atoms with Gasteiger partial charge in [-0.15, -0.1) is 0 Å². The van der Waals surface area contributed by atoms with Crippen LogP contribution < -0.4 is 0 Å². The highest BCUT2D eigenvalue weighted by molar-refractivity contribution is 6.02. The molecule has 122 valence electrons. The molecule has 1 heterocycles. The van der Waals surface area contributed by atoms with Crippen LogP contribution in [-0.4, -0.2) is 28.6 Å². The number of H-pyrrole nitrogens is 1. The van der Waals surface area contributed by atoms with Gasteiger partial charge in [0.25, 0.3) is 5.91 Å². The summed E-state index contributed by atoms with van der Waals surface area (Å²) in [7, 11) is 1.79. The molecule has 1 atom stereocenters. The summed E-state index contributed by atoms with van der Waals surface area (Å²) in [4.78, 5) is 29.3. The van der Waals surface area contributed by atoms with E-state index < -0.39 is 0 Å². The Morgan fingerprint density at radius 3 is 2.13 bits per heavy atom. The van der Waals surface area contributed by atoms with Gasteiger partial charge in [-0.3, -0.25) is 9.59 Å². The lowest BCUT2D eigenvalue weighted by molar-refractivity contribution is 0.0736. The van der Waals surface area contributed by atoms with E-state index in [1.807, 2.05) is 52.0 Å². The molecule has 4 heteroatoms. The van der Waals surface area contributed by atoms with E-state index in [1.54, 1.807) is 11.9 Å². The fourth-order valence-corrected chi connectivity index (χ4v) is 2.91. The van der Waals surface area contributed by atoms with Crippen LogP contribution in [0.25, 0.3) is 0 Å². The number of ketones is 1. The van der Waals surface area contributed by atoms with Crippen molar-refractivity contribution in [3.63, 3.8) is 0 Å². The van der Waals surface area contributed by atoms with E-state index >= 15 is 0 Å². The first-order chi connectivity index (χ1) is 10.7. The summed E-state index contributed by atoms with van der Waals surface area (Å²) in [6.07, 6.45) is 0. The molecular weight excluding hydrogens is 288 g/mol. The maximum atomic E-state index is 12.8. The van der Waals surface area contributed by atoms with Gasteiger partial charge in [0.1, 0.15) is 5.69 Å². The molecular formula is C19H24N2O2. The van der Waals surface area contributed by atoms with Gasteiger partial charge in [-0.25, -0.2) is 0 Å². The molecule has 0 radical (unpaired) electrons. The van der Waals surface area contributed by atoms with E-state index in [0.29, 0.717) is 11.3 Å². The van der Waals surface area contributed by atoms with Crippen LogP contribution in [-0.2, 0) is 0 Å². The van der Waals surface area contributed by atoms with Gasteiger partial charge in [0.2, 0.25) is 0 Å². The zero-order valence-corrected chi connectivity index (χ0v) is 14.7. The van der Waals surface area contributed by atoms with Crippen molar-refractivity contribution in [2.45, 2.75) is 40.7 Å². The van der Waals surface area contributed by atoms with Crippen molar-refractivity contribution in [1.82, 2.24) is 9.88 Å². The minimum atomic E-state index is -0.105. The molecule has 1 amide bonds. The molecule has 2 rings (SSSR count). The lowest BCUT2D eigenvalue weighted by Crippen LogP contribution is -2.30. The standard InChI is InChI=1S/C19H24N2O2/c1-11-7-9-16(10-8-11)14(4)21(6)19(23)18-12(2)17(15(5)22)13(3)20-18/h7-10,14,20H,1-6H3. The number of carbonyl (C=O) groups excluding carboxylic acids is 2. The molecule has 1 aromatic carbocycles. The van der Waals surface area contributed by atoms with Gasteiger partial charge >= 0.3 is 0 Å². The molecule has 0 bridgehead atoms. The van der Waals surface area contributed by atoms with E-state index in [9.17, 15) is 9.59 Å². The minimum Gasteiger partial charge on any atom is -0.354 e. The molecule has 0 saturated carbocycles. The van der Waals surface area contributed by atoms with E-state index in [4.69, 9.17) is 0 Å². The van der Waals surface area contributed by atoms with Gasteiger partial charge in [-0.2, -0.15) is 0 Å². The van der Waals surface area contributed by atoms with Crippen LogP contribution >= 0.6 is 0 Å². The Kier molecular flexibility index (Phi) is 4.73. The van der Waals surface area contributed by atoms with Crippen LogP contribution in [0.5, 0.6) is 0 Å². The van der Waals surface area contributed by atoms with E-state index in [2.05, 4.69) is 4.98 Å². The average molecular weight is 312 g/mol. The van der Waals surface area contributed by atoms with Crippen LogP contribution in [0.3, 0.4) is 0 Å². The Morgan fingerprint density at radius 2 is 1.65 bits per heavy atom. The molecule has 0 fully saturated rings. The highest BCUT2D eigenvalue weighted by atomic mass is 16.2. The quantitative estimate of drug-likeness (QED) is 0.868. The predicted molar refractivity (Wildman–Crippen MR) is 92.0 cm³/mol. The van der Waals surface area contributed by atoms with Crippen molar-refractivity contribution in [2.24, 2.45) is 0 Å². The van der Waals surface area contributed by atoms with Gasteiger partial charge < -0.3 is 9.88 Å². The zero-order chi connectivity index (χ0) is 17.3. The number of nitrogens with one attached hydrogen (secondary N) is 1. The molecule has 0 aliphatic heterocycles. The molecule has 1 unspecified atom stereocenters. The number of benzene rings is 1. The molecule has 0 aliphatic carbocycles. The monoisotopic (exact) mass is 312 g/mol. The highest BCUT2D eigenvalue weighted by Gasteiger charge is 2.25. The van der Waals surface area contributed by atoms with Crippen molar-refractivity contribution in [3.05, 3.63) is 57.9 Å². The van der Waals surface area contributed by atoms with Crippen molar-refractivity contribution in [2.75, 3.05) is 7.05 Å². The fraction of sp³-hybridized carbons (Fsp3) is 0.368. The summed E-state index contributed by atoms with van der Waals surface area (Å²) in [6.45, 7) is 9.20. The lowest BCUT2D eigenvalue weighted by atomic mass is 10.0. The Balaban J connectivity index is 2.31. The smallest absolute Gasteiger partial charge is 0.270 e. The maximum absolute atomic E-state index is 12.8. The number of rotatable bonds is 4. The van der Waals surface area contributed by atoms with Gasteiger partial charge in [0, 0.05) is 18.3 Å². The van der Waals surface area contributed by atoms with Crippen molar-refractivity contribution >= 4 is 11.7 Å². The number of aromatic amines is 1. The normalized spacial score (nSPS) is 12.1. The summed E-state index contributed by atoms with van der Waals surface area (Å²) in [5.74, 6) is -0.129. The number of aryl methyl sites for hydroxylation is 2. The van der Waals surface area contributed by atoms with Crippen LogP contribution in [0.2, 0.25) is 0 Å². The average Bonchev–Trinajstić information content (AvgIpc) is 2.80. The first-order valence-corrected chi connectivity index (χ1v) is 7.77. The zero-order valence-electron chi connectivity index (χ0n) is 14.7. The number of aromatic nitrogens is 1. The molecule has 1 N–H and O–H groups in total. The Hall–Kier alpha value is -2.36. The summed E-state index contributed by atoms with van der Waals surface area (Å²) in [5, 5.41) is 0. The number of carbonyl (C=O) groups is 2. The fourth-order valence-electron chi connectivity index (χ4n) is 2.91. The first-order valence-electron chi connectivity index (χ1n) is 7.77. The largest absolute Gasteiger partial charge is 0.354 e. The number of nitrogens with zero attached hydrogens (tertiary/aromatic N) is 1. The van der Waals surface area contributed by atoms with E-state index in [1.165, 1.54) is 12.5 Å². The van der Waals surface area contributed by atoms with Crippen LogP contribution in [0, 0.1) is 20.8 Å². The first kappa shape index (κ1) is 17.0. The van der Waals surface area contributed by atoms with Gasteiger partial charge in [-0.05, 0) is 45.7 Å². The number of hydrogen-bond donors (Lipinski definition) is 1. The second kappa shape index (κ2) is 6.41. The molecule has 4 nitrogen and oxygen atoms in total. The Labute approximate surface area is 137 Å². The highest BCUT2D eigenvalue weighted by Crippen LogP contribution is 2.24. The number of Topliss-reactive ketones (excluding diaryl/α,β-unsaturated/α-hetero) is 1. The number of hydrogen-bond acceptors (Lipinski definition) is 2. The summed E-state index contributed by atoms with van der Waals surface area (Å²) < 4.78 is 0. The number of amides is 1. The van der Waals surface area contributed by atoms with Crippen LogP contribution in [0.4, 0.5) is 0 Å². The third-order valence-electron chi connectivity index (χ3n) is 4.46. The predicted octanol–water partition coefficient (Wildman–Crippen LogP) is 3.98. The van der Waals surface area contributed by atoms with Crippen molar-refractivity contribution < 1.29 is 9.59 Å². The lowest BCUT2D eigenvalue weighted by Gasteiger charge is -2.25. The van der Waals surface area contributed by atoms with E-state index in [-0.39, 0.29) is 17.7 Å². The second-order valence-electron chi connectivity index (χ2n) is 6.18. The van der Waals surface area contributed by atoms with Gasteiger partial charge in [-0.1, -0.05) is 29.8 Å². The molecule has 0 aliphatic rings. The molecule has 1 aromatic heterocycles. The molecule has 2 aromatic rings. The van der Waals surface area contributed by atoms with E-state index in [0.717, 1.165) is 16.8 Å². The molecule has 0 spiro atoms. The maximum Gasteiger partial charge on any atom is 0.270 e. The van der Waals surface area contributed by atoms with Gasteiger partial charge in [0.05, 0.1) is 6.04 Å². The van der Waals surface area contributed by atoms with Crippen LogP contribution in [0.1, 0.15) is 63.1 Å². The summed E-state index contributed by atoms with van der Waals surface area (Å²) >= 11 is 0. The van der Waals surface area contributed by atoms with Crippen molar-refractivity contribution in [1.29, 1.82) is 0 Å². The van der Waals surface area contributed by atoms with Crippen molar-refractivity contribution in [3.8, 4) is 0 Å². The minimum absolute atomic E-state index is 0.0236. The molecule has 0 saturated heterocycles. The Bertz CT molecular complexity index is 741. The topological polar surface area (TPSA) is 53.2 Å².